The molecule has 1 aliphatic rings. The van der Waals surface area contributed by atoms with E-state index < -0.39 is 0 Å². The second kappa shape index (κ2) is 2.46. The predicted molar refractivity (Wildman–Crippen MR) is 29.2 cm³/mol. The lowest BCUT2D eigenvalue weighted by molar-refractivity contribution is 0.127. The van der Waals surface area contributed by atoms with Crippen molar-refractivity contribution in [2.75, 3.05) is 13.2 Å². The van der Waals surface area contributed by atoms with Crippen molar-refractivity contribution in [2.45, 2.75) is 12.5 Å². The van der Waals surface area contributed by atoms with Gasteiger partial charge in [0.2, 0.25) is 0 Å². The summed E-state index contributed by atoms with van der Waals surface area (Å²) in [5.41, 5.74) is 0. The maximum Gasteiger partial charge on any atom is 0.0615 e. The van der Waals surface area contributed by atoms with E-state index in [1.807, 2.05) is 0 Å². The van der Waals surface area contributed by atoms with Crippen LogP contribution in [0.3, 0.4) is 0 Å². The number of hydrogen-bond acceptors (Lipinski definition) is 2. The van der Waals surface area contributed by atoms with E-state index in [9.17, 15) is 0 Å². The lowest BCUT2D eigenvalue weighted by Crippen LogP contribution is -2.04. The van der Waals surface area contributed by atoms with Crippen LogP contribution in [0.5, 0.6) is 0 Å². The van der Waals surface area contributed by atoms with Crippen molar-refractivity contribution in [3.8, 4) is 0 Å². The van der Waals surface area contributed by atoms with Gasteiger partial charge in [0.05, 0.1) is 12.7 Å². The molecule has 0 saturated carbocycles. The summed E-state index contributed by atoms with van der Waals surface area (Å²) in [5, 5.41) is 8.55. The highest BCUT2D eigenvalue weighted by Crippen LogP contribution is 2.17. The molecule has 1 aliphatic heterocycles. The van der Waals surface area contributed by atoms with Crippen LogP contribution in [0, 0.1) is 12.8 Å². The third-order valence-corrected chi connectivity index (χ3v) is 1.37. The van der Waals surface area contributed by atoms with E-state index in [2.05, 4.69) is 0 Å². The van der Waals surface area contributed by atoms with Crippen molar-refractivity contribution in [1.29, 1.82) is 0 Å². The molecule has 1 saturated heterocycles. The van der Waals surface area contributed by atoms with Crippen molar-refractivity contribution in [1.82, 2.24) is 0 Å². The average molecular weight is 114 g/mol. The Morgan fingerprint density at radius 2 is 2.50 bits per heavy atom. The number of hydrogen-bond donors (Lipinski definition) is 1. The van der Waals surface area contributed by atoms with E-state index in [0.29, 0.717) is 6.61 Å². The van der Waals surface area contributed by atoms with Gasteiger partial charge in [-0.25, -0.2) is 0 Å². The molecule has 1 rings (SSSR count). The number of aliphatic hydroxyl groups excluding tert-OH is 1. The summed E-state index contributed by atoms with van der Waals surface area (Å²) >= 11 is 0. The fourth-order valence-corrected chi connectivity index (χ4v) is 0.852. The zero-order valence-electron chi connectivity index (χ0n) is 4.71. The molecule has 46 valence electrons. The average Bonchev–Trinajstić information content (AvgIpc) is 2.14. The van der Waals surface area contributed by atoms with Crippen LogP contribution in [-0.4, -0.2) is 24.4 Å². The largest absolute Gasteiger partial charge is 0.396 e. The molecule has 0 aromatic carbocycles. The van der Waals surface area contributed by atoms with Crippen molar-refractivity contribution < 1.29 is 9.84 Å². The van der Waals surface area contributed by atoms with E-state index in [-0.39, 0.29) is 18.6 Å². The third-order valence-electron chi connectivity index (χ3n) is 1.37. The molecular formula is C6H10O2. The van der Waals surface area contributed by atoms with Gasteiger partial charge in [0, 0.05) is 12.5 Å². The van der Waals surface area contributed by atoms with E-state index in [1.165, 1.54) is 0 Å². The molecule has 1 heterocycles. The molecule has 2 atom stereocenters. The van der Waals surface area contributed by atoms with E-state index in [4.69, 9.17) is 16.8 Å². The van der Waals surface area contributed by atoms with Crippen LogP contribution in [0.1, 0.15) is 6.42 Å². The molecule has 2 nitrogen and oxygen atoms in total. The molecule has 0 aromatic rings. The highest BCUT2D eigenvalue weighted by molar-refractivity contribution is 4.73. The van der Waals surface area contributed by atoms with Gasteiger partial charge < -0.3 is 9.84 Å². The minimum atomic E-state index is -0.132. The fraction of sp³-hybridized carbons (Fsp3) is 0.833. The Kier molecular flexibility index (Phi) is 1.86. The van der Waals surface area contributed by atoms with Crippen LogP contribution < -0.4 is 0 Å². The van der Waals surface area contributed by atoms with Gasteiger partial charge in [0.1, 0.15) is 0 Å². The first kappa shape index (κ1) is 6.05. The highest BCUT2D eigenvalue weighted by Gasteiger charge is 2.20. The maximum absolute atomic E-state index is 8.55. The fourth-order valence-electron chi connectivity index (χ4n) is 0.852. The van der Waals surface area contributed by atoms with Crippen LogP contribution in [0.4, 0.5) is 0 Å². The van der Waals surface area contributed by atoms with Crippen molar-refractivity contribution in [2.24, 2.45) is 5.92 Å². The normalized spacial score (nSPS) is 38.2. The molecule has 0 aliphatic carbocycles. The summed E-state index contributed by atoms with van der Waals surface area (Å²) in [6.45, 7) is 6.19. The van der Waals surface area contributed by atoms with Gasteiger partial charge in [-0.3, -0.25) is 0 Å². The number of ether oxygens (including phenoxy) is 1. The standard InChI is InChI=1S/C6H10O2/c1-5-2-6(3-7)4-8-5/h1,5-7H,2-4H2/t5?,6-/m0/s1. The lowest BCUT2D eigenvalue weighted by Gasteiger charge is -1.97. The quantitative estimate of drug-likeness (QED) is 0.523. The van der Waals surface area contributed by atoms with Gasteiger partial charge >= 0.3 is 0 Å². The minimum absolute atomic E-state index is 0.132. The Bertz CT molecular complexity index is 72.9. The van der Waals surface area contributed by atoms with Crippen molar-refractivity contribution >= 4 is 0 Å². The van der Waals surface area contributed by atoms with E-state index in [1.54, 1.807) is 0 Å². The second-order valence-corrected chi connectivity index (χ2v) is 2.16. The lowest BCUT2D eigenvalue weighted by atomic mass is 10.1. The maximum atomic E-state index is 8.55. The summed E-state index contributed by atoms with van der Waals surface area (Å²) in [7, 11) is 0. The number of rotatable bonds is 1. The molecule has 0 bridgehead atoms. The van der Waals surface area contributed by atoms with Gasteiger partial charge in [-0.2, -0.15) is 0 Å². The minimum Gasteiger partial charge on any atom is -0.396 e. The molecule has 0 spiro atoms. The Hall–Kier alpha value is -0.0800. The first-order valence-corrected chi connectivity index (χ1v) is 2.81. The molecule has 1 N–H and O–H groups in total. The van der Waals surface area contributed by atoms with Crippen LogP contribution in [0.15, 0.2) is 0 Å². The Morgan fingerprint density at radius 1 is 1.75 bits per heavy atom. The number of aliphatic hydroxyl groups is 1. The SMILES string of the molecule is [CH]C1C[C@@H](CO)CO1. The Morgan fingerprint density at radius 3 is 2.75 bits per heavy atom. The first-order chi connectivity index (χ1) is 3.83. The zero-order chi connectivity index (χ0) is 5.98. The molecule has 8 heavy (non-hydrogen) atoms. The molecule has 2 radical (unpaired) electrons. The van der Waals surface area contributed by atoms with Crippen LogP contribution in [0.25, 0.3) is 0 Å². The smallest absolute Gasteiger partial charge is 0.0615 e. The second-order valence-electron chi connectivity index (χ2n) is 2.16. The molecule has 1 fully saturated rings. The summed E-state index contributed by atoms with van der Waals surface area (Å²) in [5.74, 6) is 0.282. The zero-order valence-corrected chi connectivity index (χ0v) is 4.71. The van der Waals surface area contributed by atoms with Gasteiger partial charge in [-0.1, -0.05) is 0 Å². The van der Waals surface area contributed by atoms with E-state index in [0.717, 1.165) is 6.42 Å². The van der Waals surface area contributed by atoms with Gasteiger partial charge in [0.25, 0.3) is 0 Å². The first-order valence-electron chi connectivity index (χ1n) is 2.81. The molecule has 1 unspecified atom stereocenters. The van der Waals surface area contributed by atoms with Crippen LogP contribution >= 0.6 is 0 Å². The van der Waals surface area contributed by atoms with Gasteiger partial charge in [0.15, 0.2) is 0 Å². The molecular weight excluding hydrogens is 104 g/mol. The Balaban J connectivity index is 2.22. The molecule has 0 aromatic heterocycles. The third kappa shape index (κ3) is 1.20. The highest BCUT2D eigenvalue weighted by atomic mass is 16.5. The monoisotopic (exact) mass is 114 g/mol. The summed E-state index contributed by atoms with van der Waals surface area (Å²) < 4.78 is 4.97. The van der Waals surface area contributed by atoms with Crippen molar-refractivity contribution in [3.05, 3.63) is 6.92 Å². The van der Waals surface area contributed by atoms with Gasteiger partial charge in [-0.05, 0) is 13.3 Å². The Labute approximate surface area is 49.5 Å². The van der Waals surface area contributed by atoms with Gasteiger partial charge in [-0.15, -0.1) is 0 Å². The van der Waals surface area contributed by atoms with Crippen LogP contribution in [0.2, 0.25) is 0 Å². The molecule has 2 heteroatoms. The topological polar surface area (TPSA) is 29.5 Å². The summed E-state index contributed by atoms with van der Waals surface area (Å²) in [4.78, 5) is 0. The van der Waals surface area contributed by atoms with Crippen LogP contribution in [-0.2, 0) is 4.74 Å². The van der Waals surface area contributed by atoms with Crippen molar-refractivity contribution in [3.63, 3.8) is 0 Å². The van der Waals surface area contributed by atoms with E-state index >= 15 is 0 Å². The molecule has 0 amide bonds. The predicted octanol–water partition coefficient (Wildman–Crippen LogP) is 0.0949. The summed E-state index contributed by atoms with van der Waals surface area (Å²) in [6, 6.07) is 0. The summed E-state index contributed by atoms with van der Waals surface area (Å²) in [6.07, 6.45) is 0.670.